The number of quaternary nitrogens is 1. The summed E-state index contributed by atoms with van der Waals surface area (Å²) in [6.45, 7) is 12.0. The van der Waals surface area contributed by atoms with E-state index in [-0.39, 0.29) is 0 Å². The van der Waals surface area contributed by atoms with E-state index in [4.69, 9.17) is 5.11 Å². The predicted molar refractivity (Wildman–Crippen MR) is 81.3 cm³/mol. The monoisotopic (exact) mass is 272 g/mol. The van der Waals surface area contributed by atoms with Gasteiger partial charge in [-0.25, -0.2) is 0 Å². The van der Waals surface area contributed by atoms with Crippen molar-refractivity contribution in [1.82, 2.24) is 0 Å². The second-order valence-electron chi connectivity index (χ2n) is 5.63. The summed E-state index contributed by atoms with van der Waals surface area (Å²) in [7, 11) is 0. The Balaban J connectivity index is 3.42. The molecule has 0 atom stereocenters. The van der Waals surface area contributed by atoms with E-state index in [9.17, 15) is 4.79 Å². The van der Waals surface area contributed by atoms with Gasteiger partial charge in [-0.15, -0.1) is 0 Å². The van der Waals surface area contributed by atoms with Crippen LogP contribution in [0.4, 0.5) is 0 Å². The molecule has 0 bridgehead atoms. The van der Waals surface area contributed by atoms with E-state index in [0.717, 1.165) is 12.8 Å². The van der Waals surface area contributed by atoms with Crippen molar-refractivity contribution < 1.29 is 14.4 Å². The number of carboxylic acids is 1. The molecule has 0 heterocycles. The van der Waals surface area contributed by atoms with Gasteiger partial charge in [0.2, 0.25) is 0 Å². The summed E-state index contributed by atoms with van der Waals surface area (Å²) in [5.74, 6) is -0.659. The first-order valence-corrected chi connectivity index (χ1v) is 8.17. The van der Waals surface area contributed by atoms with Gasteiger partial charge in [0.1, 0.15) is 0 Å². The van der Waals surface area contributed by atoms with Gasteiger partial charge in [-0.1, -0.05) is 25.7 Å². The molecule has 0 aromatic heterocycles. The summed E-state index contributed by atoms with van der Waals surface area (Å²) < 4.78 is 1.26. The van der Waals surface area contributed by atoms with Crippen LogP contribution in [0.15, 0.2) is 0 Å². The Kier molecular flexibility index (Phi) is 10.9. The van der Waals surface area contributed by atoms with Gasteiger partial charge >= 0.3 is 5.97 Å². The van der Waals surface area contributed by atoms with Gasteiger partial charge in [-0.05, 0) is 40.0 Å². The van der Waals surface area contributed by atoms with Crippen molar-refractivity contribution in [2.75, 3.05) is 26.2 Å². The van der Waals surface area contributed by atoms with Crippen LogP contribution in [0.5, 0.6) is 0 Å². The van der Waals surface area contributed by atoms with Crippen LogP contribution in [-0.2, 0) is 4.79 Å². The summed E-state index contributed by atoms with van der Waals surface area (Å²) in [5.41, 5.74) is 0. The van der Waals surface area contributed by atoms with Crippen molar-refractivity contribution in [3.8, 4) is 0 Å². The van der Waals surface area contributed by atoms with Crippen LogP contribution < -0.4 is 0 Å². The maximum absolute atomic E-state index is 10.4. The normalized spacial score (nSPS) is 11.7. The van der Waals surface area contributed by atoms with Crippen LogP contribution in [0.3, 0.4) is 0 Å². The molecule has 0 unspecified atom stereocenters. The van der Waals surface area contributed by atoms with Crippen molar-refractivity contribution in [3.05, 3.63) is 0 Å². The van der Waals surface area contributed by atoms with Crippen molar-refractivity contribution in [2.45, 2.75) is 72.1 Å². The van der Waals surface area contributed by atoms with Gasteiger partial charge < -0.3 is 9.59 Å². The third-order valence-corrected chi connectivity index (χ3v) is 4.54. The molecule has 3 heteroatoms. The molecule has 0 radical (unpaired) electrons. The Morgan fingerprint density at radius 3 is 1.63 bits per heavy atom. The lowest BCUT2D eigenvalue weighted by atomic mass is 10.1. The second-order valence-corrected chi connectivity index (χ2v) is 5.63. The Hall–Kier alpha value is -0.570. The number of hydrogen-bond acceptors (Lipinski definition) is 1. The molecule has 0 saturated heterocycles. The highest BCUT2D eigenvalue weighted by Gasteiger charge is 2.19. The zero-order valence-electron chi connectivity index (χ0n) is 13.3. The van der Waals surface area contributed by atoms with Crippen molar-refractivity contribution in [1.29, 1.82) is 0 Å². The first kappa shape index (κ1) is 18.4. The van der Waals surface area contributed by atoms with E-state index in [0.29, 0.717) is 6.42 Å². The van der Waals surface area contributed by atoms with Crippen LogP contribution in [0, 0.1) is 0 Å². The Morgan fingerprint density at radius 1 is 0.789 bits per heavy atom. The Bertz CT molecular complexity index is 217. The molecule has 0 amide bonds. The smallest absolute Gasteiger partial charge is 0.303 e. The van der Waals surface area contributed by atoms with Gasteiger partial charge in [0.15, 0.2) is 0 Å². The summed E-state index contributed by atoms with van der Waals surface area (Å²) in [4.78, 5) is 10.4. The van der Waals surface area contributed by atoms with Gasteiger partial charge in [-0.2, -0.15) is 0 Å². The summed E-state index contributed by atoms with van der Waals surface area (Å²) in [6, 6.07) is 0. The maximum Gasteiger partial charge on any atom is 0.303 e. The molecule has 3 nitrogen and oxygen atoms in total. The highest BCUT2D eigenvalue weighted by atomic mass is 16.4. The molecule has 0 aliphatic heterocycles. The largest absolute Gasteiger partial charge is 0.481 e. The van der Waals surface area contributed by atoms with E-state index < -0.39 is 5.97 Å². The Morgan fingerprint density at radius 2 is 1.21 bits per heavy atom. The zero-order valence-corrected chi connectivity index (χ0v) is 13.3. The number of hydrogen-bond donors (Lipinski definition) is 1. The molecule has 0 aromatic carbocycles. The molecule has 0 aliphatic rings. The van der Waals surface area contributed by atoms with E-state index in [2.05, 4.69) is 20.8 Å². The fourth-order valence-corrected chi connectivity index (χ4v) is 2.75. The fraction of sp³-hybridized carbons (Fsp3) is 0.938. The lowest BCUT2D eigenvalue weighted by molar-refractivity contribution is -0.923. The van der Waals surface area contributed by atoms with Gasteiger partial charge in [-0.3, -0.25) is 4.79 Å². The number of carbonyl (C=O) groups is 1. The first-order chi connectivity index (χ1) is 9.10. The summed E-state index contributed by atoms with van der Waals surface area (Å²) >= 11 is 0. The van der Waals surface area contributed by atoms with Crippen molar-refractivity contribution in [3.63, 3.8) is 0 Å². The molecule has 114 valence electrons. The van der Waals surface area contributed by atoms with Crippen LogP contribution in [0.1, 0.15) is 72.1 Å². The minimum atomic E-state index is -0.659. The topological polar surface area (TPSA) is 37.3 Å². The van der Waals surface area contributed by atoms with Gasteiger partial charge in [0, 0.05) is 6.42 Å². The zero-order chi connectivity index (χ0) is 14.6. The van der Waals surface area contributed by atoms with Crippen LogP contribution in [0.2, 0.25) is 0 Å². The lowest BCUT2D eigenvalue weighted by Gasteiger charge is -2.35. The second kappa shape index (κ2) is 11.3. The van der Waals surface area contributed by atoms with E-state index in [1.807, 2.05) is 0 Å². The molecular formula is C16H34NO2+. The number of unbranched alkanes of at least 4 members (excludes halogenated alkanes) is 6. The first-order valence-electron chi connectivity index (χ1n) is 8.17. The average molecular weight is 272 g/mol. The Labute approximate surface area is 119 Å². The van der Waals surface area contributed by atoms with Crippen molar-refractivity contribution >= 4 is 5.97 Å². The number of nitrogens with zero attached hydrogens (tertiary/aromatic N) is 1. The third-order valence-electron chi connectivity index (χ3n) is 4.54. The average Bonchev–Trinajstić information content (AvgIpc) is 2.41. The standard InChI is InChI=1S/C16H33NO2/c1-4-17(5-2,6-3)15-13-11-9-7-8-10-12-14-16(18)19/h4-15H2,1-3H3/p+1. The quantitative estimate of drug-likeness (QED) is 0.405. The van der Waals surface area contributed by atoms with Crippen LogP contribution in [-0.4, -0.2) is 41.7 Å². The number of rotatable bonds is 13. The maximum atomic E-state index is 10.4. The molecule has 0 aliphatic carbocycles. The lowest BCUT2D eigenvalue weighted by Crippen LogP contribution is -2.48. The minimum absolute atomic E-state index is 0.337. The van der Waals surface area contributed by atoms with E-state index in [1.165, 1.54) is 62.8 Å². The van der Waals surface area contributed by atoms with Crippen molar-refractivity contribution in [2.24, 2.45) is 0 Å². The molecule has 0 saturated carbocycles. The highest BCUT2D eigenvalue weighted by molar-refractivity contribution is 5.66. The predicted octanol–water partition coefficient (Wildman–Crippen LogP) is 4.07. The van der Waals surface area contributed by atoms with Gasteiger partial charge in [0.25, 0.3) is 0 Å². The van der Waals surface area contributed by atoms with E-state index >= 15 is 0 Å². The summed E-state index contributed by atoms with van der Waals surface area (Å²) in [6.07, 6.45) is 8.70. The van der Waals surface area contributed by atoms with E-state index in [1.54, 1.807) is 0 Å². The molecule has 19 heavy (non-hydrogen) atoms. The van der Waals surface area contributed by atoms with Gasteiger partial charge in [0.05, 0.1) is 26.2 Å². The van der Waals surface area contributed by atoms with Crippen LogP contribution in [0.25, 0.3) is 0 Å². The molecule has 1 N–H and O–H groups in total. The number of aliphatic carboxylic acids is 1. The number of carboxylic acid groups (broad SMARTS) is 1. The SMILES string of the molecule is CC[N+](CC)(CC)CCCCCCCCCC(=O)O. The minimum Gasteiger partial charge on any atom is -0.481 e. The fourth-order valence-electron chi connectivity index (χ4n) is 2.75. The van der Waals surface area contributed by atoms with Crippen LogP contribution >= 0.6 is 0 Å². The molecule has 0 aromatic rings. The molecule has 0 rings (SSSR count). The summed E-state index contributed by atoms with van der Waals surface area (Å²) in [5, 5.41) is 8.53. The molecule has 0 fully saturated rings. The third kappa shape index (κ3) is 9.04. The molecule has 0 spiro atoms. The molecular weight excluding hydrogens is 238 g/mol. The highest BCUT2D eigenvalue weighted by Crippen LogP contribution is 2.12.